The number of aliphatic hydroxyl groups is 2. The van der Waals surface area contributed by atoms with Crippen LogP contribution >= 0.6 is 0 Å². The lowest BCUT2D eigenvalue weighted by molar-refractivity contribution is 0.0184. The van der Waals surface area contributed by atoms with Crippen LogP contribution < -0.4 is 0 Å². The highest BCUT2D eigenvalue weighted by atomic mass is 16.5. The normalized spacial score (nSPS) is 13.5. The van der Waals surface area contributed by atoms with E-state index in [1.54, 1.807) is 0 Å². The molecule has 0 aliphatic rings. The molecule has 86 valence electrons. The Morgan fingerprint density at radius 3 is 2.50 bits per heavy atom. The second kappa shape index (κ2) is 9.40. The fourth-order valence-electron chi connectivity index (χ4n) is 1.36. The van der Waals surface area contributed by atoms with Crippen LogP contribution in [0, 0.1) is 0 Å². The van der Waals surface area contributed by atoms with Crippen molar-refractivity contribution in [1.82, 2.24) is 4.90 Å². The van der Waals surface area contributed by atoms with Crippen molar-refractivity contribution >= 4 is 0 Å². The van der Waals surface area contributed by atoms with Gasteiger partial charge in [0.1, 0.15) is 0 Å². The Labute approximate surface area is 86.5 Å². The lowest BCUT2D eigenvalue weighted by atomic mass is 10.3. The van der Waals surface area contributed by atoms with Gasteiger partial charge in [0.25, 0.3) is 0 Å². The molecule has 0 amide bonds. The molecule has 0 fully saturated rings. The third-order valence-electron chi connectivity index (χ3n) is 1.94. The van der Waals surface area contributed by atoms with Gasteiger partial charge in [0.2, 0.25) is 0 Å². The number of nitrogens with zero attached hydrogens (tertiary/aromatic N) is 1. The fraction of sp³-hybridized carbons (Fsp3) is 1.00. The molecule has 4 heteroatoms. The molecule has 0 radical (unpaired) electrons. The van der Waals surface area contributed by atoms with E-state index in [-0.39, 0.29) is 6.61 Å². The van der Waals surface area contributed by atoms with E-state index in [1.165, 1.54) is 0 Å². The Hall–Kier alpha value is -0.160. The van der Waals surface area contributed by atoms with Gasteiger partial charge in [0.05, 0.1) is 19.3 Å². The van der Waals surface area contributed by atoms with Crippen LogP contribution in [0.5, 0.6) is 0 Å². The monoisotopic (exact) mass is 205 g/mol. The minimum atomic E-state index is -0.451. The molecule has 0 bridgehead atoms. The third kappa shape index (κ3) is 7.26. The van der Waals surface area contributed by atoms with Crippen LogP contribution in [-0.2, 0) is 4.74 Å². The predicted octanol–water partition coefficient (Wildman–Crippen LogP) is 0.0881. The van der Waals surface area contributed by atoms with Crippen molar-refractivity contribution < 1.29 is 14.9 Å². The van der Waals surface area contributed by atoms with Crippen molar-refractivity contribution in [2.24, 2.45) is 0 Å². The molecule has 4 nitrogen and oxygen atoms in total. The zero-order valence-electron chi connectivity index (χ0n) is 9.28. The van der Waals surface area contributed by atoms with Crippen LogP contribution in [0.25, 0.3) is 0 Å². The maximum absolute atomic E-state index is 9.56. The van der Waals surface area contributed by atoms with E-state index in [4.69, 9.17) is 9.84 Å². The van der Waals surface area contributed by atoms with Crippen LogP contribution in [0.3, 0.4) is 0 Å². The van der Waals surface area contributed by atoms with Crippen LogP contribution in [-0.4, -0.2) is 60.7 Å². The first kappa shape index (κ1) is 13.8. The highest BCUT2D eigenvalue weighted by Gasteiger charge is 2.10. The van der Waals surface area contributed by atoms with Crippen molar-refractivity contribution in [3.8, 4) is 0 Å². The van der Waals surface area contributed by atoms with Crippen LogP contribution in [0.15, 0.2) is 0 Å². The predicted molar refractivity (Wildman–Crippen MR) is 56.3 cm³/mol. The van der Waals surface area contributed by atoms with Gasteiger partial charge in [-0.3, -0.25) is 4.90 Å². The summed E-state index contributed by atoms with van der Waals surface area (Å²) in [5, 5.41) is 18.4. The molecule has 0 saturated heterocycles. The van der Waals surface area contributed by atoms with Gasteiger partial charge < -0.3 is 14.9 Å². The summed E-state index contributed by atoms with van der Waals surface area (Å²) in [7, 11) is 0. The standard InChI is InChI=1S/C10H23NO3/c1-3-5-11(6-7-12)8-10(13)9-14-4-2/h10,12-13H,3-9H2,1-2H3. The van der Waals surface area contributed by atoms with E-state index in [2.05, 4.69) is 6.92 Å². The van der Waals surface area contributed by atoms with Gasteiger partial charge in [-0.05, 0) is 19.9 Å². The van der Waals surface area contributed by atoms with Crippen LogP contribution in [0.2, 0.25) is 0 Å². The smallest absolute Gasteiger partial charge is 0.0900 e. The summed E-state index contributed by atoms with van der Waals surface area (Å²) in [5.74, 6) is 0. The Balaban J connectivity index is 3.64. The van der Waals surface area contributed by atoms with Gasteiger partial charge in [-0.2, -0.15) is 0 Å². The lowest BCUT2D eigenvalue weighted by Crippen LogP contribution is -2.37. The summed E-state index contributed by atoms with van der Waals surface area (Å²) in [4.78, 5) is 2.05. The zero-order valence-corrected chi connectivity index (χ0v) is 9.28. The van der Waals surface area contributed by atoms with Crippen molar-refractivity contribution in [1.29, 1.82) is 0 Å². The maximum Gasteiger partial charge on any atom is 0.0900 e. The highest BCUT2D eigenvalue weighted by Crippen LogP contribution is 1.95. The first-order chi connectivity index (χ1) is 6.74. The summed E-state index contributed by atoms with van der Waals surface area (Å²) in [5.41, 5.74) is 0. The Morgan fingerprint density at radius 1 is 1.29 bits per heavy atom. The van der Waals surface area contributed by atoms with Gasteiger partial charge in [0, 0.05) is 19.7 Å². The van der Waals surface area contributed by atoms with E-state index in [0.29, 0.717) is 26.3 Å². The average molecular weight is 205 g/mol. The molecular formula is C10H23NO3. The highest BCUT2D eigenvalue weighted by molar-refractivity contribution is 4.63. The molecule has 0 aliphatic heterocycles. The molecule has 0 aromatic carbocycles. The largest absolute Gasteiger partial charge is 0.395 e. The van der Waals surface area contributed by atoms with Crippen molar-refractivity contribution in [3.63, 3.8) is 0 Å². The Bertz CT molecular complexity index is 116. The molecule has 1 unspecified atom stereocenters. The summed E-state index contributed by atoms with van der Waals surface area (Å²) in [6, 6.07) is 0. The molecule has 0 aromatic heterocycles. The van der Waals surface area contributed by atoms with Gasteiger partial charge in [0.15, 0.2) is 0 Å². The van der Waals surface area contributed by atoms with Gasteiger partial charge in [-0.25, -0.2) is 0 Å². The van der Waals surface area contributed by atoms with Crippen LogP contribution in [0.1, 0.15) is 20.3 Å². The Kier molecular flexibility index (Phi) is 9.29. The molecule has 1 atom stereocenters. The maximum atomic E-state index is 9.56. The molecule has 0 aromatic rings. The first-order valence-electron chi connectivity index (χ1n) is 5.33. The van der Waals surface area contributed by atoms with Crippen LogP contribution in [0.4, 0.5) is 0 Å². The number of aliphatic hydroxyl groups excluding tert-OH is 2. The molecule has 2 N–H and O–H groups in total. The fourth-order valence-corrected chi connectivity index (χ4v) is 1.36. The van der Waals surface area contributed by atoms with Gasteiger partial charge in [-0.1, -0.05) is 6.92 Å². The summed E-state index contributed by atoms with van der Waals surface area (Å²) >= 11 is 0. The molecule has 14 heavy (non-hydrogen) atoms. The molecule has 0 rings (SSSR count). The third-order valence-corrected chi connectivity index (χ3v) is 1.94. The summed E-state index contributed by atoms with van der Waals surface area (Å²) in [6.07, 6.45) is 0.578. The number of hydrogen-bond donors (Lipinski definition) is 2. The quantitative estimate of drug-likeness (QED) is 0.560. The minimum Gasteiger partial charge on any atom is -0.395 e. The topological polar surface area (TPSA) is 52.9 Å². The number of hydrogen-bond acceptors (Lipinski definition) is 4. The van der Waals surface area contributed by atoms with E-state index in [1.807, 2.05) is 11.8 Å². The van der Waals surface area contributed by atoms with E-state index in [9.17, 15) is 5.11 Å². The van der Waals surface area contributed by atoms with E-state index in [0.717, 1.165) is 13.0 Å². The number of ether oxygens (including phenoxy) is 1. The van der Waals surface area contributed by atoms with E-state index >= 15 is 0 Å². The van der Waals surface area contributed by atoms with Crippen molar-refractivity contribution in [2.45, 2.75) is 26.4 Å². The molecule has 0 saturated carbocycles. The number of rotatable bonds is 9. The minimum absolute atomic E-state index is 0.140. The average Bonchev–Trinajstić information content (AvgIpc) is 2.15. The first-order valence-corrected chi connectivity index (χ1v) is 5.33. The summed E-state index contributed by atoms with van der Waals surface area (Å²) in [6.45, 7) is 7.24. The van der Waals surface area contributed by atoms with Crippen molar-refractivity contribution in [3.05, 3.63) is 0 Å². The second-order valence-electron chi connectivity index (χ2n) is 3.34. The van der Waals surface area contributed by atoms with Crippen molar-refractivity contribution in [2.75, 3.05) is 39.5 Å². The molecule has 0 aliphatic carbocycles. The SMILES string of the molecule is CCCN(CCO)CC(O)COCC. The Morgan fingerprint density at radius 2 is 2.00 bits per heavy atom. The zero-order chi connectivity index (χ0) is 10.8. The summed E-state index contributed by atoms with van der Waals surface area (Å²) < 4.78 is 5.11. The van der Waals surface area contributed by atoms with Gasteiger partial charge in [-0.15, -0.1) is 0 Å². The van der Waals surface area contributed by atoms with Gasteiger partial charge >= 0.3 is 0 Å². The second-order valence-corrected chi connectivity index (χ2v) is 3.34. The molecular weight excluding hydrogens is 182 g/mol. The molecule has 0 spiro atoms. The molecule has 0 heterocycles. The lowest BCUT2D eigenvalue weighted by Gasteiger charge is -2.23. The van der Waals surface area contributed by atoms with E-state index < -0.39 is 6.10 Å².